The summed E-state index contributed by atoms with van der Waals surface area (Å²) >= 11 is 0. The molecule has 2 amide bonds. The zero-order valence-electron chi connectivity index (χ0n) is 17.5. The van der Waals surface area contributed by atoms with Crippen LogP contribution in [0.25, 0.3) is 0 Å². The Labute approximate surface area is 176 Å². The lowest BCUT2D eigenvalue weighted by molar-refractivity contribution is -0.145. The van der Waals surface area contributed by atoms with Crippen molar-refractivity contribution in [1.82, 2.24) is 10.6 Å². The Kier molecular flexibility index (Phi) is 8.87. The maximum atomic E-state index is 12.3. The zero-order chi connectivity index (χ0) is 21.9. The van der Waals surface area contributed by atoms with Crippen molar-refractivity contribution in [1.29, 1.82) is 0 Å². The molecule has 0 aliphatic heterocycles. The molecule has 0 aliphatic carbocycles. The van der Waals surface area contributed by atoms with E-state index in [1.54, 1.807) is 13.2 Å². The molecule has 7 nitrogen and oxygen atoms in total. The first-order valence-electron chi connectivity index (χ1n) is 9.78. The number of hydrogen-bond acceptors (Lipinski definition) is 5. The van der Waals surface area contributed by atoms with Crippen molar-refractivity contribution in [3.8, 4) is 5.75 Å². The lowest BCUT2D eigenvalue weighted by Crippen LogP contribution is -2.43. The molecule has 0 heterocycles. The van der Waals surface area contributed by atoms with Crippen molar-refractivity contribution in [2.24, 2.45) is 0 Å². The maximum absolute atomic E-state index is 12.3. The van der Waals surface area contributed by atoms with Crippen LogP contribution in [-0.2, 0) is 25.5 Å². The third-order valence-electron chi connectivity index (χ3n) is 4.69. The summed E-state index contributed by atoms with van der Waals surface area (Å²) < 4.78 is 10.1. The fourth-order valence-corrected chi connectivity index (χ4v) is 3.06. The minimum absolute atomic E-state index is 0.0194. The molecule has 2 aromatic rings. The van der Waals surface area contributed by atoms with Crippen molar-refractivity contribution < 1.29 is 23.9 Å². The van der Waals surface area contributed by atoms with E-state index < -0.39 is 17.9 Å². The van der Waals surface area contributed by atoms with Crippen LogP contribution in [0.3, 0.4) is 0 Å². The van der Waals surface area contributed by atoms with Crippen LogP contribution in [0, 0.1) is 0 Å². The van der Waals surface area contributed by atoms with E-state index in [1.807, 2.05) is 55.5 Å². The molecule has 0 aromatic heterocycles. The molecule has 0 unspecified atom stereocenters. The summed E-state index contributed by atoms with van der Waals surface area (Å²) in [7, 11) is 2.81. The third-order valence-corrected chi connectivity index (χ3v) is 4.69. The van der Waals surface area contributed by atoms with Gasteiger partial charge in [-0.1, -0.05) is 48.5 Å². The molecular formula is C23H28N2O5. The van der Waals surface area contributed by atoms with Gasteiger partial charge in [0, 0.05) is 19.3 Å². The predicted molar refractivity (Wildman–Crippen MR) is 113 cm³/mol. The van der Waals surface area contributed by atoms with Gasteiger partial charge in [-0.15, -0.1) is 0 Å². The minimum Gasteiger partial charge on any atom is -0.496 e. The topological polar surface area (TPSA) is 93.7 Å². The van der Waals surface area contributed by atoms with Gasteiger partial charge in [0.1, 0.15) is 11.8 Å². The van der Waals surface area contributed by atoms with E-state index in [-0.39, 0.29) is 31.2 Å². The summed E-state index contributed by atoms with van der Waals surface area (Å²) in [5.41, 5.74) is 1.75. The average molecular weight is 412 g/mol. The summed E-state index contributed by atoms with van der Waals surface area (Å²) in [5.74, 6) is -0.574. The van der Waals surface area contributed by atoms with Crippen molar-refractivity contribution >= 4 is 17.8 Å². The highest BCUT2D eigenvalue weighted by atomic mass is 16.5. The molecular weight excluding hydrogens is 384 g/mol. The first kappa shape index (κ1) is 22.9. The number of nitrogens with one attached hydrogen (secondary N) is 2. The Hall–Kier alpha value is -3.35. The summed E-state index contributed by atoms with van der Waals surface area (Å²) in [6.07, 6.45) is 0.206. The second-order valence-electron chi connectivity index (χ2n) is 6.86. The standard InChI is InChI=1S/C23H28N2O5/c1-16(17-9-5-4-6-10-17)24-21(26)13-14-22(27)25-19(23(28)30-3)15-18-11-7-8-12-20(18)29-2/h4-12,16,19H,13-15H2,1-3H3,(H,24,26)(H,25,27)/t16-,19-/m1/s1. The number of rotatable bonds is 10. The molecule has 7 heteroatoms. The van der Waals surface area contributed by atoms with Crippen molar-refractivity contribution in [3.05, 3.63) is 65.7 Å². The van der Waals surface area contributed by atoms with Gasteiger partial charge >= 0.3 is 5.97 Å². The van der Waals surface area contributed by atoms with E-state index in [2.05, 4.69) is 10.6 Å². The quantitative estimate of drug-likeness (QED) is 0.585. The number of hydrogen-bond donors (Lipinski definition) is 2. The van der Waals surface area contributed by atoms with Crippen LogP contribution in [-0.4, -0.2) is 38.0 Å². The fourth-order valence-electron chi connectivity index (χ4n) is 3.06. The largest absolute Gasteiger partial charge is 0.496 e. The summed E-state index contributed by atoms with van der Waals surface area (Å²) in [5, 5.41) is 5.53. The maximum Gasteiger partial charge on any atom is 0.328 e. The van der Waals surface area contributed by atoms with Gasteiger partial charge in [-0.25, -0.2) is 4.79 Å². The molecule has 2 atom stereocenters. The molecule has 160 valence electrons. The summed E-state index contributed by atoms with van der Waals surface area (Å²) in [6.45, 7) is 1.88. The number of ether oxygens (including phenoxy) is 2. The zero-order valence-corrected chi connectivity index (χ0v) is 17.5. The molecule has 0 radical (unpaired) electrons. The average Bonchev–Trinajstić information content (AvgIpc) is 2.77. The Morgan fingerprint density at radius 2 is 1.47 bits per heavy atom. The monoisotopic (exact) mass is 412 g/mol. The van der Waals surface area contributed by atoms with Crippen LogP contribution in [0.4, 0.5) is 0 Å². The van der Waals surface area contributed by atoms with Gasteiger partial charge in [0.2, 0.25) is 11.8 Å². The molecule has 0 saturated heterocycles. The molecule has 0 saturated carbocycles. The predicted octanol–water partition coefficient (Wildman–Crippen LogP) is 2.55. The van der Waals surface area contributed by atoms with E-state index in [1.165, 1.54) is 7.11 Å². The first-order chi connectivity index (χ1) is 14.4. The summed E-state index contributed by atoms with van der Waals surface area (Å²) in [6, 6.07) is 15.8. The van der Waals surface area contributed by atoms with Gasteiger partial charge in [-0.2, -0.15) is 0 Å². The number of esters is 1. The van der Waals surface area contributed by atoms with Gasteiger partial charge in [0.15, 0.2) is 0 Å². The highest BCUT2D eigenvalue weighted by molar-refractivity contribution is 5.87. The van der Waals surface area contributed by atoms with E-state index >= 15 is 0 Å². The first-order valence-corrected chi connectivity index (χ1v) is 9.78. The highest BCUT2D eigenvalue weighted by Gasteiger charge is 2.23. The Morgan fingerprint density at radius 3 is 2.10 bits per heavy atom. The molecule has 0 spiro atoms. The smallest absolute Gasteiger partial charge is 0.328 e. The molecule has 2 aromatic carbocycles. The molecule has 0 bridgehead atoms. The van der Waals surface area contributed by atoms with E-state index in [0.717, 1.165) is 11.1 Å². The van der Waals surface area contributed by atoms with Crippen LogP contribution >= 0.6 is 0 Å². The number of amides is 2. The highest BCUT2D eigenvalue weighted by Crippen LogP contribution is 2.19. The fraction of sp³-hybridized carbons (Fsp3) is 0.348. The molecule has 30 heavy (non-hydrogen) atoms. The summed E-state index contributed by atoms with van der Waals surface area (Å²) in [4.78, 5) is 36.7. The van der Waals surface area contributed by atoms with Gasteiger partial charge in [-0.05, 0) is 24.1 Å². The number of methoxy groups -OCH3 is 2. The van der Waals surface area contributed by atoms with Crippen LogP contribution in [0.2, 0.25) is 0 Å². The SMILES string of the molecule is COC(=O)[C@@H](Cc1ccccc1OC)NC(=O)CCC(=O)N[C@H](C)c1ccccc1. The third kappa shape index (κ3) is 6.92. The van der Waals surface area contributed by atoms with Crippen molar-refractivity contribution in [2.75, 3.05) is 14.2 Å². The van der Waals surface area contributed by atoms with Gasteiger partial charge < -0.3 is 20.1 Å². The number of carbonyl (C=O) groups excluding carboxylic acids is 3. The van der Waals surface area contributed by atoms with Gasteiger partial charge in [-0.3, -0.25) is 9.59 Å². The Morgan fingerprint density at radius 1 is 0.867 bits per heavy atom. The lowest BCUT2D eigenvalue weighted by atomic mass is 10.0. The molecule has 2 rings (SSSR count). The van der Waals surface area contributed by atoms with Crippen LogP contribution in [0.1, 0.15) is 36.9 Å². The van der Waals surface area contributed by atoms with Crippen molar-refractivity contribution in [2.45, 2.75) is 38.3 Å². The van der Waals surface area contributed by atoms with Crippen LogP contribution < -0.4 is 15.4 Å². The van der Waals surface area contributed by atoms with Crippen LogP contribution in [0.5, 0.6) is 5.75 Å². The van der Waals surface area contributed by atoms with Crippen LogP contribution in [0.15, 0.2) is 54.6 Å². The molecule has 0 aliphatic rings. The normalized spacial score (nSPS) is 12.4. The van der Waals surface area contributed by atoms with Gasteiger partial charge in [0.25, 0.3) is 0 Å². The molecule has 0 fully saturated rings. The van der Waals surface area contributed by atoms with Gasteiger partial charge in [0.05, 0.1) is 20.3 Å². The lowest BCUT2D eigenvalue weighted by Gasteiger charge is -2.18. The number of carbonyl (C=O) groups is 3. The number of benzene rings is 2. The molecule has 2 N–H and O–H groups in total. The minimum atomic E-state index is -0.870. The van der Waals surface area contributed by atoms with E-state index in [9.17, 15) is 14.4 Å². The van der Waals surface area contributed by atoms with E-state index in [4.69, 9.17) is 9.47 Å². The Balaban J connectivity index is 1.89. The second kappa shape index (κ2) is 11.6. The second-order valence-corrected chi connectivity index (χ2v) is 6.86. The number of para-hydroxylation sites is 1. The van der Waals surface area contributed by atoms with E-state index in [0.29, 0.717) is 5.75 Å². The van der Waals surface area contributed by atoms with Crippen molar-refractivity contribution in [3.63, 3.8) is 0 Å². The Bertz CT molecular complexity index is 854.